The molecule has 0 bridgehead atoms. The smallest absolute Gasteiger partial charge is 0.305 e. The lowest BCUT2D eigenvalue weighted by Crippen LogP contribution is -2.57. The quantitative estimate of drug-likeness (QED) is 0.658. The number of carbonyl (C=O) groups is 3. The van der Waals surface area contributed by atoms with E-state index in [4.69, 9.17) is 5.11 Å². The number of hydrogen-bond acceptors (Lipinski definition) is 4. The Hall–Kier alpha value is -2.38. The lowest BCUT2D eigenvalue weighted by Gasteiger charge is -2.33. The highest BCUT2D eigenvalue weighted by Crippen LogP contribution is 2.13. The van der Waals surface area contributed by atoms with Crippen molar-refractivity contribution in [3.63, 3.8) is 0 Å². The highest BCUT2D eigenvalue weighted by Gasteiger charge is 2.35. The highest BCUT2D eigenvalue weighted by molar-refractivity contribution is 5.98. The number of rotatable bonds is 3. The molecule has 8 nitrogen and oxygen atoms in total. The molecule has 0 radical (unpaired) electrons. The molecule has 1 unspecified atom stereocenters. The van der Waals surface area contributed by atoms with Gasteiger partial charge < -0.3 is 15.3 Å². The topological polar surface area (TPSA) is 115 Å². The number of aromatic nitrogens is 2. The number of nitrogens with one attached hydrogen (secondary N) is 2. The first-order valence-electron chi connectivity index (χ1n) is 5.81. The average Bonchev–Trinajstić information content (AvgIpc) is 2.77. The fourth-order valence-corrected chi connectivity index (χ4v) is 2.00. The van der Waals surface area contributed by atoms with Gasteiger partial charge in [-0.2, -0.15) is 5.10 Å². The van der Waals surface area contributed by atoms with E-state index in [0.717, 1.165) is 5.69 Å². The Labute approximate surface area is 108 Å². The molecule has 102 valence electrons. The summed E-state index contributed by atoms with van der Waals surface area (Å²) in [5, 5.41) is 17.8. The maximum atomic E-state index is 12.2. The largest absolute Gasteiger partial charge is 0.481 e. The first-order valence-corrected chi connectivity index (χ1v) is 5.81. The third-order valence-corrected chi connectivity index (χ3v) is 2.88. The number of amides is 2. The van der Waals surface area contributed by atoms with Crippen molar-refractivity contribution < 1.29 is 19.5 Å². The Bertz CT molecular complexity index is 525. The first-order chi connectivity index (χ1) is 8.99. The maximum Gasteiger partial charge on any atom is 0.305 e. The standard InChI is InChI=1S/C11H14N4O4/c1-6-4-7(14-13-6)11(19)15-3-2-12-10(18)8(15)5-9(16)17/h4,8H,2-3,5H2,1H3,(H,12,18)(H,13,14)(H,16,17). The zero-order chi connectivity index (χ0) is 14.0. The molecule has 1 fully saturated rings. The molecule has 1 aliphatic rings. The summed E-state index contributed by atoms with van der Waals surface area (Å²) in [6.45, 7) is 2.33. The minimum absolute atomic E-state index is 0.183. The molecule has 0 aromatic carbocycles. The number of aliphatic carboxylic acids is 1. The van der Waals surface area contributed by atoms with Crippen LogP contribution in [0.2, 0.25) is 0 Å². The minimum Gasteiger partial charge on any atom is -0.481 e. The molecule has 8 heteroatoms. The second kappa shape index (κ2) is 5.09. The van der Waals surface area contributed by atoms with Gasteiger partial charge >= 0.3 is 5.97 Å². The molecule has 2 amide bonds. The van der Waals surface area contributed by atoms with Crippen LogP contribution in [0, 0.1) is 6.92 Å². The Balaban J connectivity index is 2.22. The normalized spacial score (nSPS) is 19.1. The number of carboxylic acid groups (broad SMARTS) is 1. The third-order valence-electron chi connectivity index (χ3n) is 2.88. The molecule has 2 rings (SSSR count). The van der Waals surface area contributed by atoms with E-state index in [-0.39, 0.29) is 12.2 Å². The number of piperazine rings is 1. The predicted octanol–water partition coefficient (Wildman–Crippen LogP) is -0.867. The Morgan fingerprint density at radius 2 is 2.32 bits per heavy atom. The van der Waals surface area contributed by atoms with Crippen molar-refractivity contribution in [1.82, 2.24) is 20.4 Å². The van der Waals surface area contributed by atoms with Crippen molar-refractivity contribution in [2.75, 3.05) is 13.1 Å². The zero-order valence-electron chi connectivity index (χ0n) is 10.3. The van der Waals surface area contributed by atoms with Gasteiger partial charge in [-0.25, -0.2) is 0 Å². The van der Waals surface area contributed by atoms with Crippen LogP contribution in [0.25, 0.3) is 0 Å². The second-order valence-electron chi connectivity index (χ2n) is 4.34. The zero-order valence-corrected chi connectivity index (χ0v) is 10.3. The van der Waals surface area contributed by atoms with Crippen LogP contribution in [0.3, 0.4) is 0 Å². The molecular weight excluding hydrogens is 252 g/mol. The van der Waals surface area contributed by atoms with E-state index in [1.54, 1.807) is 13.0 Å². The summed E-state index contributed by atoms with van der Waals surface area (Å²) in [5.41, 5.74) is 0.905. The molecule has 2 heterocycles. The summed E-state index contributed by atoms with van der Waals surface area (Å²) in [6, 6.07) is 0.572. The van der Waals surface area contributed by atoms with Gasteiger partial charge in [0.05, 0.1) is 6.42 Å². The molecule has 1 aromatic rings. The van der Waals surface area contributed by atoms with Crippen molar-refractivity contribution in [3.05, 3.63) is 17.5 Å². The molecule has 3 N–H and O–H groups in total. The summed E-state index contributed by atoms with van der Waals surface area (Å²) in [5.74, 6) is -2.02. The lowest BCUT2D eigenvalue weighted by molar-refractivity contribution is -0.142. The summed E-state index contributed by atoms with van der Waals surface area (Å²) < 4.78 is 0. The SMILES string of the molecule is Cc1cc(C(=O)N2CCNC(=O)C2CC(=O)O)n[nH]1. The van der Waals surface area contributed by atoms with Crippen LogP contribution < -0.4 is 5.32 Å². The van der Waals surface area contributed by atoms with Gasteiger partial charge in [0, 0.05) is 18.8 Å². The Morgan fingerprint density at radius 3 is 2.89 bits per heavy atom. The van der Waals surface area contributed by atoms with Crippen LogP contribution in [0.1, 0.15) is 22.6 Å². The van der Waals surface area contributed by atoms with E-state index in [9.17, 15) is 14.4 Å². The van der Waals surface area contributed by atoms with Crippen LogP contribution in [0.5, 0.6) is 0 Å². The van der Waals surface area contributed by atoms with Gasteiger partial charge in [0.1, 0.15) is 11.7 Å². The molecule has 0 spiro atoms. The fourth-order valence-electron chi connectivity index (χ4n) is 2.00. The van der Waals surface area contributed by atoms with E-state index in [0.29, 0.717) is 6.54 Å². The number of carbonyl (C=O) groups excluding carboxylic acids is 2. The summed E-state index contributed by atoms with van der Waals surface area (Å²) in [6.07, 6.45) is -0.416. The van der Waals surface area contributed by atoms with E-state index in [1.165, 1.54) is 4.90 Å². The van der Waals surface area contributed by atoms with Gasteiger partial charge in [0.25, 0.3) is 5.91 Å². The molecule has 0 aliphatic carbocycles. The molecule has 0 saturated carbocycles. The van der Waals surface area contributed by atoms with Crippen LogP contribution >= 0.6 is 0 Å². The molecule has 1 aromatic heterocycles. The molecular formula is C11H14N4O4. The number of hydrogen-bond donors (Lipinski definition) is 3. The van der Waals surface area contributed by atoms with E-state index in [2.05, 4.69) is 15.5 Å². The number of aryl methyl sites for hydroxylation is 1. The van der Waals surface area contributed by atoms with Crippen molar-refractivity contribution in [2.45, 2.75) is 19.4 Å². The van der Waals surface area contributed by atoms with Crippen molar-refractivity contribution in [1.29, 1.82) is 0 Å². The van der Waals surface area contributed by atoms with E-state index in [1.807, 2.05) is 0 Å². The first kappa shape index (κ1) is 13.1. The predicted molar refractivity (Wildman–Crippen MR) is 63.4 cm³/mol. The molecule has 1 atom stereocenters. The highest BCUT2D eigenvalue weighted by atomic mass is 16.4. The van der Waals surface area contributed by atoms with Gasteiger partial charge in [0.15, 0.2) is 0 Å². The lowest BCUT2D eigenvalue weighted by atomic mass is 10.1. The van der Waals surface area contributed by atoms with Crippen LogP contribution in [-0.2, 0) is 9.59 Å². The average molecular weight is 266 g/mol. The third kappa shape index (κ3) is 2.72. The second-order valence-corrected chi connectivity index (χ2v) is 4.34. The number of carboxylic acids is 1. The summed E-state index contributed by atoms with van der Waals surface area (Å²) in [4.78, 5) is 35.9. The van der Waals surface area contributed by atoms with Gasteiger partial charge in [-0.1, -0.05) is 0 Å². The number of H-pyrrole nitrogens is 1. The fraction of sp³-hybridized carbons (Fsp3) is 0.455. The van der Waals surface area contributed by atoms with Crippen LogP contribution in [-0.4, -0.2) is 57.1 Å². The Morgan fingerprint density at radius 1 is 1.58 bits per heavy atom. The number of nitrogens with zero attached hydrogens (tertiary/aromatic N) is 2. The molecule has 19 heavy (non-hydrogen) atoms. The van der Waals surface area contributed by atoms with Gasteiger partial charge in [-0.05, 0) is 13.0 Å². The van der Waals surface area contributed by atoms with Gasteiger partial charge in [-0.3, -0.25) is 19.5 Å². The van der Waals surface area contributed by atoms with Gasteiger partial charge in [-0.15, -0.1) is 0 Å². The van der Waals surface area contributed by atoms with Gasteiger partial charge in [0.2, 0.25) is 5.91 Å². The van der Waals surface area contributed by atoms with Crippen molar-refractivity contribution >= 4 is 17.8 Å². The monoisotopic (exact) mass is 266 g/mol. The van der Waals surface area contributed by atoms with Crippen LogP contribution in [0.15, 0.2) is 6.07 Å². The summed E-state index contributed by atoms with van der Waals surface area (Å²) in [7, 11) is 0. The Kier molecular flexibility index (Phi) is 3.50. The molecule has 1 aliphatic heterocycles. The maximum absolute atomic E-state index is 12.2. The van der Waals surface area contributed by atoms with Crippen LogP contribution in [0.4, 0.5) is 0 Å². The van der Waals surface area contributed by atoms with Crippen molar-refractivity contribution in [3.8, 4) is 0 Å². The molecule has 1 saturated heterocycles. The minimum atomic E-state index is -1.13. The summed E-state index contributed by atoms with van der Waals surface area (Å²) >= 11 is 0. The van der Waals surface area contributed by atoms with E-state index >= 15 is 0 Å². The van der Waals surface area contributed by atoms with E-state index < -0.39 is 30.2 Å². The number of aromatic amines is 1. The van der Waals surface area contributed by atoms with Crippen molar-refractivity contribution in [2.24, 2.45) is 0 Å².